The van der Waals surface area contributed by atoms with Gasteiger partial charge in [-0.05, 0) is 36.3 Å². The lowest BCUT2D eigenvalue weighted by atomic mass is 9.74. The largest absolute Gasteiger partial charge is 0.281 e. The molecule has 1 saturated carbocycles. The molecule has 0 spiro atoms. The summed E-state index contributed by atoms with van der Waals surface area (Å²) in [5, 5.41) is -0.135. The maximum absolute atomic E-state index is 11.0. The molecule has 0 aliphatic heterocycles. The van der Waals surface area contributed by atoms with Crippen LogP contribution in [0, 0.1) is 17.8 Å². The highest BCUT2D eigenvalue weighted by Gasteiger charge is 2.31. The van der Waals surface area contributed by atoms with E-state index in [4.69, 9.17) is 11.6 Å². The predicted octanol–water partition coefficient (Wildman–Crippen LogP) is 2.82. The van der Waals surface area contributed by atoms with Crippen LogP contribution in [0.5, 0.6) is 0 Å². The van der Waals surface area contributed by atoms with E-state index in [-0.39, 0.29) is 11.2 Å². The summed E-state index contributed by atoms with van der Waals surface area (Å²) in [4.78, 5) is 11.0. The van der Waals surface area contributed by atoms with Gasteiger partial charge in [-0.25, -0.2) is 0 Å². The molecule has 1 rings (SSSR count). The second-order valence-corrected chi connectivity index (χ2v) is 4.09. The molecule has 0 aromatic carbocycles. The summed E-state index contributed by atoms with van der Waals surface area (Å²) in [6.07, 6.45) is 3.57. The van der Waals surface area contributed by atoms with Gasteiger partial charge in [0, 0.05) is 5.92 Å². The molecule has 1 fully saturated rings. The smallest absolute Gasteiger partial charge is 0.225 e. The SMILES string of the molecule is CC1CCCC(C)C1C(=O)Cl. The van der Waals surface area contributed by atoms with Gasteiger partial charge >= 0.3 is 0 Å². The van der Waals surface area contributed by atoms with Crippen LogP contribution < -0.4 is 0 Å². The Labute approximate surface area is 73.1 Å². The third kappa shape index (κ3) is 1.96. The van der Waals surface area contributed by atoms with E-state index in [1.807, 2.05) is 0 Å². The van der Waals surface area contributed by atoms with Gasteiger partial charge in [0.25, 0.3) is 0 Å². The molecule has 0 bridgehead atoms. The van der Waals surface area contributed by atoms with Crippen molar-refractivity contribution in [2.45, 2.75) is 33.1 Å². The highest BCUT2D eigenvalue weighted by atomic mass is 35.5. The minimum Gasteiger partial charge on any atom is -0.281 e. The molecule has 2 heteroatoms. The number of hydrogen-bond donors (Lipinski definition) is 0. The minimum atomic E-state index is -0.135. The first kappa shape index (κ1) is 9.05. The van der Waals surface area contributed by atoms with Crippen LogP contribution in [-0.4, -0.2) is 5.24 Å². The van der Waals surface area contributed by atoms with E-state index in [0.717, 1.165) is 12.8 Å². The van der Waals surface area contributed by atoms with Gasteiger partial charge < -0.3 is 0 Å². The molecule has 0 heterocycles. The van der Waals surface area contributed by atoms with E-state index >= 15 is 0 Å². The first-order valence-corrected chi connectivity index (χ1v) is 4.70. The summed E-state index contributed by atoms with van der Waals surface area (Å²) < 4.78 is 0. The average Bonchev–Trinajstić information content (AvgIpc) is 1.85. The Hall–Kier alpha value is -0.0400. The van der Waals surface area contributed by atoms with Gasteiger partial charge in [0.1, 0.15) is 0 Å². The molecule has 2 unspecified atom stereocenters. The predicted molar refractivity (Wildman–Crippen MR) is 46.5 cm³/mol. The van der Waals surface area contributed by atoms with Crippen molar-refractivity contribution in [3.05, 3.63) is 0 Å². The van der Waals surface area contributed by atoms with E-state index < -0.39 is 0 Å². The Balaban J connectivity index is 2.62. The number of hydrogen-bond acceptors (Lipinski definition) is 1. The van der Waals surface area contributed by atoms with Crippen molar-refractivity contribution in [2.24, 2.45) is 17.8 Å². The topological polar surface area (TPSA) is 17.1 Å². The zero-order chi connectivity index (χ0) is 8.43. The molecular formula is C9H15ClO. The maximum atomic E-state index is 11.0. The lowest BCUT2D eigenvalue weighted by Gasteiger charge is -2.31. The van der Waals surface area contributed by atoms with Gasteiger partial charge in [-0.2, -0.15) is 0 Å². The molecule has 0 radical (unpaired) electrons. The van der Waals surface area contributed by atoms with Crippen LogP contribution in [0.15, 0.2) is 0 Å². The molecule has 1 aliphatic rings. The van der Waals surface area contributed by atoms with Crippen molar-refractivity contribution in [3.8, 4) is 0 Å². The van der Waals surface area contributed by atoms with Gasteiger partial charge in [0.15, 0.2) is 0 Å². The Kier molecular flexibility index (Phi) is 2.94. The summed E-state index contributed by atoms with van der Waals surface area (Å²) in [7, 11) is 0. The summed E-state index contributed by atoms with van der Waals surface area (Å²) in [6, 6.07) is 0. The Bertz CT molecular complexity index is 146. The second kappa shape index (κ2) is 3.57. The van der Waals surface area contributed by atoms with Gasteiger partial charge in [-0.1, -0.05) is 20.3 Å². The molecule has 0 N–H and O–H groups in total. The summed E-state index contributed by atoms with van der Waals surface area (Å²) >= 11 is 5.51. The van der Waals surface area contributed by atoms with Crippen molar-refractivity contribution >= 4 is 16.8 Å². The number of carbonyl (C=O) groups is 1. The van der Waals surface area contributed by atoms with Crippen molar-refractivity contribution < 1.29 is 4.79 Å². The van der Waals surface area contributed by atoms with Crippen LogP contribution in [0.3, 0.4) is 0 Å². The number of halogens is 1. The number of carbonyl (C=O) groups excluding carboxylic acids is 1. The molecule has 2 atom stereocenters. The zero-order valence-electron chi connectivity index (χ0n) is 7.14. The lowest BCUT2D eigenvalue weighted by molar-refractivity contribution is -0.119. The fourth-order valence-electron chi connectivity index (χ4n) is 2.13. The highest BCUT2D eigenvalue weighted by molar-refractivity contribution is 6.64. The third-order valence-electron chi connectivity index (χ3n) is 2.81. The minimum absolute atomic E-state index is 0.116. The number of rotatable bonds is 1. The monoisotopic (exact) mass is 174 g/mol. The van der Waals surface area contributed by atoms with Gasteiger partial charge in [0.2, 0.25) is 5.24 Å². The second-order valence-electron chi connectivity index (χ2n) is 3.72. The van der Waals surface area contributed by atoms with E-state index in [9.17, 15) is 4.79 Å². The molecule has 11 heavy (non-hydrogen) atoms. The standard InChI is InChI=1S/C9H15ClO/c1-6-4-3-5-7(2)8(6)9(10)11/h6-8H,3-5H2,1-2H3. The Morgan fingerprint density at radius 1 is 1.27 bits per heavy atom. The van der Waals surface area contributed by atoms with Gasteiger partial charge in [0.05, 0.1) is 0 Å². The first-order chi connectivity index (χ1) is 5.13. The molecule has 0 saturated heterocycles. The molecule has 1 aliphatic carbocycles. The summed E-state index contributed by atoms with van der Waals surface area (Å²) in [6.45, 7) is 4.25. The Morgan fingerprint density at radius 3 is 2.00 bits per heavy atom. The van der Waals surface area contributed by atoms with E-state index in [2.05, 4.69) is 13.8 Å². The molecule has 0 aromatic rings. The zero-order valence-corrected chi connectivity index (χ0v) is 7.90. The van der Waals surface area contributed by atoms with Crippen LogP contribution in [0.25, 0.3) is 0 Å². The normalized spacial score (nSPS) is 38.6. The Morgan fingerprint density at radius 2 is 1.73 bits per heavy atom. The quantitative estimate of drug-likeness (QED) is 0.559. The van der Waals surface area contributed by atoms with E-state index in [1.165, 1.54) is 6.42 Å². The lowest BCUT2D eigenvalue weighted by Crippen LogP contribution is -2.29. The molecule has 0 aromatic heterocycles. The highest BCUT2D eigenvalue weighted by Crippen LogP contribution is 2.35. The summed E-state index contributed by atoms with van der Waals surface area (Å²) in [5.41, 5.74) is 0. The van der Waals surface area contributed by atoms with Crippen molar-refractivity contribution in [1.82, 2.24) is 0 Å². The van der Waals surface area contributed by atoms with Crippen LogP contribution in [0.2, 0.25) is 0 Å². The average molecular weight is 175 g/mol. The fourth-order valence-corrected chi connectivity index (χ4v) is 2.56. The van der Waals surface area contributed by atoms with Crippen LogP contribution >= 0.6 is 11.6 Å². The third-order valence-corrected chi connectivity index (χ3v) is 3.06. The van der Waals surface area contributed by atoms with Gasteiger partial charge in [-0.3, -0.25) is 4.79 Å². The van der Waals surface area contributed by atoms with Crippen molar-refractivity contribution in [1.29, 1.82) is 0 Å². The van der Waals surface area contributed by atoms with Crippen molar-refractivity contribution in [3.63, 3.8) is 0 Å². The van der Waals surface area contributed by atoms with Crippen LogP contribution in [0.4, 0.5) is 0 Å². The van der Waals surface area contributed by atoms with Crippen molar-refractivity contribution in [2.75, 3.05) is 0 Å². The van der Waals surface area contributed by atoms with Crippen LogP contribution in [0.1, 0.15) is 33.1 Å². The molecular weight excluding hydrogens is 160 g/mol. The van der Waals surface area contributed by atoms with E-state index in [1.54, 1.807) is 0 Å². The summed E-state index contributed by atoms with van der Waals surface area (Å²) in [5.74, 6) is 1.10. The molecule has 64 valence electrons. The van der Waals surface area contributed by atoms with E-state index in [0.29, 0.717) is 11.8 Å². The first-order valence-electron chi connectivity index (χ1n) is 4.32. The van der Waals surface area contributed by atoms with Gasteiger partial charge in [-0.15, -0.1) is 0 Å². The molecule has 1 nitrogen and oxygen atoms in total. The fraction of sp³-hybridized carbons (Fsp3) is 0.889. The maximum Gasteiger partial charge on any atom is 0.225 e. The van der Waals surface area contributed by atoms with Crippen LogP contribution in [-0.2, 0) is 4.79 Å². The molecule has 0 amide bonds.